The second-order valence-electron chi connectivity index (χ2n) is 6.69. The van der Waals surface area contributed by atoms with E-state index in [4.69, 9.17) is 11.6 Å². The van der Waals surface area contributed by atoms with Gasteiger partial charge in [0.1, 0.15) is 0 Å². The molecular weight excluding hydrogens is 372 g/mol. The second-order valence-corrected chi connectivity index (χ2v) is 7.13. The summed E-state index contributed by atoms with van der Waals surface area (Å²) in [6.07, 6.45) is 1.64. The number of nitrogens with zero attached hydrogens (tertiary/aromatic N) is 3. The molecule has 28 heavy (non-hydrogen) atoms. The molecule has 1 aromatic heterocycles. The summed E-state index contributed by atoms with van der Waals surface area (Å²) in [6, 6.07) is 21.6. The Morgan fingerprint density at radius 3 is 2.75 bits per heavy atom. The molecular formula is C22H19ClN4O. The highest BCUT2D eigenvalue weighted by molar-refractivity contribution is 6.30. The summed E-state index contributed by atoms with van der Waals surface area (Å²) < 4.78 is 1.63. The van der Waals surface area contributed by atoms with E-state index in [1.807, 2.05) is 55.5 Å². The maximum absolute atomic E-state index is 12.6. The van der Waals surface area contributed by atoms with E-state index in [2.05, 4.69) is 33.8 Å². The van der Waals surface area contributed by atoms with Gasteiger partial charge in [-0.3, -0.25) is 4.79 Å². The quantitative estimate of drug-likeness (QED) is 0.540. The van der Waals surface area contributed by atoms with Gasteiger partial charge in [0.05, 0.1) is 18.8 Å². The first-order valence-corrected chi connectivity index (χ1v) is 9.41. The summed E-state index contributed by atoms with van der Waals surface area (Å²) >= 11 is 6.01. The highest BCUT2D eigenvalue weighted by atomic mass is 35.5. The first kappa shape index (κ1) is 18.2. The first-order valence-electron chi connectivity index (χ1n) is 9.03. The topological polar surface area (TPSA) is 59.8 Å². The Kier molecular flexibility index (Phi) is 5.08. The predicted molar refractivity (Wildman–Crippen MR) is 110 cm³/mol. The van der Waals surface area contributed by atoms with Gasteiger partial charge in [-0.1, -0.05) is 71.4 Å². The average molecular weight is 391 g/mol. The Labute approximate surface area is 167 Å². The maximum atomic E-state index is 12.6. The molecule has 4 rings (SSSR count). The Morgan fingerprint density at radius 2 is 1.89 bits per heavy atom. The van der Waals surface area contributed by atoms with Gasteiger partial charge in [-0.05, 0) is 41.0 Å². The lowest BCUT2D eigenvalue weighted by atomic mass is 9.99. The third-order valence-corrected chi connectivity index (χ3v) is 4.88. The molecule has 0 aliphatic rings. The van der Waals surface area contributed by atoms with Crippen LogP contribution in [0.15, 0.2) is 72.9 Å². The molecule has 1 amide bonds. The van der Waals surface area contributed by atoms with Crippen molar-refractivity contribution in [1.29, 1.82) is 0 Å². The lowest BCUT2D eigenvalue weighted by Crippen LogP contribution is -2.27. The van der Waals surface area contributed by atoms with Crippen molar-refractivity contribution >= 4 is 28.3 Å². The lowest BCUT2D eigenvalue weighted by molar-refractivity contribution is 0.0935. The summed E-state index contributed by atoms with van der Waals surface area (Å²) in [7, 11) is 0. The van der Waals surface area contributed by atoms with Gasteiger partial charge in [-0.15, -0.1) is 5.10 Å². The molecule has 0 aliphatic heterocycles. The number of aromatic nitrogens is 3. The van der Waals surface area contributed by atoms with Crippen LogP contribution in [-0.2, 0) is 6.54 Å². The van der Waals surface area contributed by atoms with Gasteiger partial charge in [0.15, 0.2) is 5.69 Å². The van der Waals surface area contributed by atoms with E-state index in [0.717, 1.165) is 21.9 Å². The summed E-state index contributed by atoms with van der Waals surface area (Å²) in [5.74, 6) is -0.252. The smallest absolute Gasteiger partial charge is 0.273 e. The van der Waals surface area contributed by atoms with Crippen LogP contribution in [0, 0.1) is 0 Å². The Morgan fingerprint density at radius 1 is 1.11 bits per heavy atom. The number of fused-ring (bicyclic) bond motifs is 1. The van der Waals surface area contributed by atoms with Crippen LogP contribution in [0.3, 0.4) is 0 Å². The van der Waals surface area contributed by atoms with Gasteiger partial charge >= 0.3 is 0 Å². The van der Waals surface area contributed by atoms with E-state index < -0.39 is 0 Å². The molecule has 1 heterocycles. The fourth-order valence-corrected chi connectivity index (χ4v) is 3.49. The van der Waals surface area contributed by atoms with Crippen molar-refractivity contribution in [3.8, 4) is 0 Å². The molecule has 0 spiro atoms. The van der Waals surface area contributed by atoms with Crippen molar-refractivity contribution in [3.05, 3.63) is 94.8 Å². The number of halogens is 1. The molecule has 3 aromatic carbocycles. The number of nitrogens with one attached hydrogen (secondary N) is 1. The van der Waals surface area contributed by atoms with Crippen LogP contribution in [0.1, 0.15) is 34.6 Å². The number of benzene rings is 3. The standard InChI is InChI=1S/C22H19ClN4O/c1-15(19-11-5-8-17-7-2-3-10-20(17)19)24-22(28)21-14-27(26-25-21)13-16-6-4-9-18(23)12-16/h2-12,14-15H,13H2,1H3,(H,24,28). The summed E-state index contributed by atoms with van der Waals surface area (Å²) in [6.45, 7) is 2.47. The van der Waals surface area contributed by atoms with Crippen molar-refractivity contribution in [2.75, 3.05) is 0 Å². The van der Waals surface area contributed by atoms with Crippen LogP contribution < -0.4 is 5.32 Å². The minimum atomic E-state index is -0.252. The van der Waals surface area contributed by atoms with Crippen LogP contribution >= 0.6 is 11.6 Å². The van der Waals surface area contributed by atoms with E-state index in [1.54, 1.807) is 10.9 Å². The van der Waals surface area contributed by atoms with Crippen molar-refractivity contribution in [2.45, 2.75) is 19.5 Å². The van der Waals surface area contributed by atoms with Crippen LogP contribution in [0.25, 0.3) is 10.8 Å². The number of amides is 1. The minimum absolute atomic E-state index is 0.156. The zero-order chi connectivity index (χ0) is 19.5. The fraction of sp³-hybridized carbons (Fsp3) is 0.136. The Bertz CT molecular complexity index is 1130. The van der Waals surface area contributed by atoms with Crippen LogP contribution in [0.5, 0.6) is 0 Å². The predicted octanol–water partition coefficient (Wildman–Crippen LogP) is 4.62. The van der Waals surface area contributed by atoms with Crippen molar-refractivity contribution in [2.24, 2.45) is 0 Å². The average Bonchev–Trinajstić information content (AvgIpc) is 3.16. The van der Waals surface area contributed by atoms with E-state index in [9.17, 15) is 4.79 Å². The van der Waals surface area contributed by atoms with Gasteiger partial charge in [0.25, 0.3) is 5.91 Å². The van der Waals surface area contributed by atoms with E-state index in [1.165, 1.54) is 0 Å². The third kappa shape index (κ3) is 3.89. The van der Waals surface area contributed by atoms with Crippen molar-refractivity contribution < 1.29 is 4.79 Å². The molecule has 0 aliphatic carbocycles. The molecule has 0 bridgehead atoms. The number of carbonyl (C=O) groups is 1. The molecule has 1 unspecified atom stereocenters. The molecule has 1 N–H and O–H groups in total. The fourth-order valence-electron chi connectivity index (χ4n) is 3.28. The normalized spacial score (nSPS) is 12.1. The number of hydrogen-bond donors (Lipinski definition) is 1. The zero-order valence-corrected chi connectivity index (χ0v) is 16.1. The van der Waals surface area contributed by atoms with Crippen molar-refractivity contribution in [1.82, 2.24) is 20.3 Å². The summed E-state index contributed by atoms with van der Waals surface area (Å²) in [5, 5.41) is 14.0. The molecule has 0 radical (unpaired) electrons. The van der Waals surface area contributed by atoms with Gasteiger partial charge in [0.2, 0.25) is 0 Å². The monoisotopic (exact) mass is 390 g/mol. The van der Waals surface area contributed by atoms with E-state index >= 15 is 0 Å². The number of hydrogen-bond acceptors (Lipinski definition) is 3. The minimum Gasteiger partial charge on any atom is -0.344 e. The van der Waals surface area contributed by atoms with Crippen LogP contribution in [0.4, 0.5) is 0 Å². The molecule has 5 nitrogen and oxygen atoms in total. The maximum Gasteiger partial charge on any atom is 0.273 e. The lowest BCUT2D eigenvalue weighted by Gasteiger charge is -2.15. The molecule has 0 fully saturated rings. The molecule has 1 atom stereocenters. The second kappa shape index (κ2) is 7.82. The Balaban J connectivity index is 1.48. The van der Waals surface area contributed by atoms with E-state index in [-0.39, 0.29) is 17.6 Å². The zero-order valence-electron chi connectivity index (χ0n) is 15.3. The van der Waals surface area contributed by atoms with Crippen molar-refractivity contribution in [3.63, 3.8) is 0 Å². The number of carbonyl (C=O) groups excluding carboxylic acids is 1. The molecule has 4 aromatic rings. The molecule has 0 saturated heterocycles. The SMILES string of the molecule is CC(NC(=O)c1cn(Cc2cccc(Cl)c2)nn1)c1cccc2ccccc12. The molecule has 6 heteroatoms. The number of rotatable bonds is 5. The Hall–Kier alpha value is -3.18. The van der Waals surface area contributed by atoms with Crippen LogP contribution in [-0.4, -0.2) is 20.9 Å². The van der Waals surface area contributed by atoms with Crippen LogP contribution in [0.2, 0.25) is 5.02 Å². The summed E-state index contributed by atoms with van der Waals surface area (Å²) in [4.78, 5) is 12.6. The van der Waals surface area contributed by atoms with Gasteiger partial charge < -0.3 is 5.32 Å². The van der Waals surface area contributed by atoms with Gasteiger partial charge in [-0.2, -0.15) is 0 Å². The third-order valence-electron chi connectivity index (χ3n) is 4.64. The molecule has 0 saturated carbocycles. The largest absolute Gasteiger partial charge is 0.344 e. The highest BCUT2D eigenvalue weighted by Crippen LogP contribution is 2.24. The molecule has 140 valence electrons. The van der Waals surface area contributed by atoms with Gasteiger partial charge in [0, 0.05) is 5.02 Å². The first-order chi connectivity index (χ1) is 13.6. The highest BCUT2D eigenvalue weighted by Gasteiger charge is 2.16. The van der Waals surface area contributed by atoms with Gasteiger partial charge in [-0.25, -0.2) is 4.68 Å². The van der Waals surface area contributed by atoms with E-state index in [0.29, 0.717) is 11.6 Å². The summed E-state index contributed by atoms with van der Waals surface area (Å²) in [5.41, 5.74) is 2.35.